The van der Waals surface area contributed by atoms with Crippen LogP contribution >= 0.6 is 11.6 Å². The van der Waals surface area contributed by atoms with Gasteiger partial charge < -0.3 is 14.7 Å². The number of hydrogen-bond donors (Lipinski definition) is 2. The SMILES string of the molecule is CC.CCCc1cc(Cl)ccc1C1COc2ccc3cc2N(C1)CC1CCC1C(O)/C=C/CCC(C(C)C)S(=O)NC3=O. The minimum atomic E-state index is -1.52. The Morgan fingerprint density at radius 1 is 1.12 bits per heavy atom. The van der Waals surface area contributed by atoms with E-state index in [0.717, 1.165) is 55.2 Å². The summed E-state index contributed by atoms with van der Waals surface area (Å²) in [6, 6.07) is 11.7. The lowest BCUT2D eigenvalue weighted by Gasteiger charge is -2.42. The van der Waals surface area contributed by atoms with Gasteiger partial charge in [-0.3, -0.25) is 9.52 Å². The largest absolute Gasteiger partial charge is 0.491 e. The first-order chi connectivity index (χ1) is 20.7. The lowest BCUT2D eigenvalue weighted by molar-refractivity contribution is 0.0461. The average molecular weight is 629 g/mol. The van der Waals surface area contributed by atoms with E-state index >= 15 is 0 Å². The molecule has 0 radical (unpaired) electrons. The van der Waals surface area contributed by atoms with Gasteiger partial charge in [0.05, 0.1) is 23.6 Å². The zero-order chi connectivity index (χ0) is 31.1. The van der Waals surface area contributed by atoms with Crippen molar-refractivity contribution < 1.29 is 18.8 Å². The molecule has 6 unspecified atom stereocenters. The van der Waals surface area contributed by atoms with E-state index in [1.54, 1.807) is 6.07 Å². The fraction of sp³-hybridized carbons (Fsp3) is 0.571. The monoisotopic (exact) mass is 628 g/mol. The molecule has 0 spiro atoms. The van der Waals surface area contributed by atoms with Crippen LogP contribution < -0.4 is 14.4 Å². The van der Waals surface area contributed by atoms with Crippen molar-refractivity contribution in [3.05, 3.63) is 70.3 Å². The Bertz CT molecular complexity index is 1300. The molecule has 236 valence electrons. The van der Waals surface area contributed by atoms with Gasteiger partial charge >= 0.3 is 0 Å². The maximum Gasteiger partial charge on any atom is 0.263 e. The van der Waals surface area contributed by atoms with E-state index in [0.29, 0.717) is 30.9 Å². The van der Waals surface area contributed by atoms with Gasteiger partial charge in [0.25, 0.3) is 5.91 Å². The van der Waals surface area contributed by atoms with Crippen LogP contribution in [0.4, 0.5) is 5.69 Å². The molecule has 1 saturated carbocycles. The second-order valence-corrected chi connectivity index (χ2v) is 14.0. The molecule has 0 saturated heterocycles. The summed E-state index contributed by atoms with van der Waals surface area (Å²) in [7, 11) is -1.52. The van der Waals surface area contributed by atoms with E-state index in [1.807, 2.05) is 58.0 Å². The maximum absolute atomic E-state index is 13.3. The summed E-state index contributed by atoms with van der Waals surface area (Å²) in [5, 5.41) is 11.7. The number of nitrogens with one attached hydrogen (secondary N) is 1. The molecule has 0 aromatic heterocycles. The molecule has 5 rings (SSSR count). The van der Waals surface area contributed by atoms with Gasteiger partial charge in [0.15, 0.2) is 0 Å². The van der Waals surface area contributed by atoms with Crippen molar-refractivity contribution in [3.63, 3.8) is 0 Å². The Hall–Kier alpha value is -2.35. The molecule has 43 heavy (non-hydrogen) atoms. The topological polar surface area (TPSA) is 78.9 Å². The third-order valence-electron chi connectivity index (χ3n) is 9.04. The molecule has 1 amide bonds. The molecule has 2 N–H and O–H groups in total. The summed E-state index contributed by atoms with van der Waals surface area (Å²) in [6.07, 6.45) is 8.86. The first-order valence-electron chi connectivity index (χ1n) is 16.1. The van der Waals surface area contributed by atoms with Crippen molar-refractivity contribution in [2.45, 2.75) is 90.4 Å². The van der Waals surface area contributed by atoms with Crippen LogP contribution in [0.3, 0.4) is 0 Å². The highest BCUT2D eigenvalue weighted by Crippen LogP contribution is 2.42. The second kappa shape index (κ2) is 15.6. The van der Waals surface area contributed by atoms with Crippen molar-refractivity contribution in [2.24, 2.45) is 17.8 Å². The van der Waals surface area contributed by atoms with Crippen LogP contribution in [-0.2, 0) is 17.4 Å². The minimum absolute atomic E-state index is 0.117. The molecule has 1 aliphatic carbocycles. The summed E-state index contributed by atoms with van der Waals surface area (Å²) in [5.41, 5.74) is 3.85. The number of benzene rings is 2. The molecular formula is C35H49ClN2O4S. The molecule has 6 atom stereocenters. The highest BCUT2D eigenvalue weighted by Gasteiger charge is 2.38. The summed E-state index contributed by atoms with van der Waals surface area (Å²) >= 11 is 6.39. The number of ether oxygens (including phenoxy) is 1. The lowest BCUT2D eigenvalue weighted by atomic mass is 9.70. The fourth-order valence-corrected chi connectivity index (χ4v) is 8.05. The Labute approximate surface area is 265 Å². The standard InChI is InChI=1S/C33H43ClN2O4S.C2H6/c1-4-7-22-16-26(34)12-14-27(22)25-19-36-18-24-10-13-28(24)30(37)8-5-6-9-32(21(2)3)41(39)35-33(38)23-11-15-31(40-20-25)29(36)17-23;1-2/h5,8,11-12,14-17,21,24-25,28,30,32,37H,4,6-7,9-10,13,18-20H2,1-3H3,(H,35,38);1-2H3/b8-5+;. The molecule has 2 aromatic rings. The van der Waals surface area contributed by atoms with E-state index in [4.69, 9.17) is 16.3 Å². The highest BCUT2D eigenvalue weighted by atomic mass is 35.5. The number of aryl methyl sites for hydroxylation is 1. The van der Waals surface area contributed by atoms with Gasteiger partial charge in [0.1, 0.15) is 16.7 Å². The van der Waals surface area contributed by atoms with Crippen molar-refractivity contribution in [1.82, 2.24) is 4.72 Å². The number of aliphatic hydroxyl groups excluding tert-OH is 1. The molecular weight excluding hydrogens is 580 g/mol. The van der Waals surface area contributed by atoms with Gasteiger partial charge in [-0.25, -0.2) is 4.21 Å². The van der Waals surface area contributed by atoms with Gasteiger partial charge in [-0.2, -0.15) is 0 Å². The summed E-state index contributed by atoms with van der Waals surface area (Å²) < 4.78 is 22.4. The number of allylic oxidation sites excluding steroid dienone is 1. The smallest absolute Gasteiger partial charge is 0.263 e. The van der Waals surface area contributed by atoms with Crippen molar-refractivity contribution >= 4 is 34.2 Å². The summed E-state index contributed by atoms with van der Waals surface area (Å²) in [4.78, 5) is 15.7. The number of halogens is 1. The Morgan fingerprint density at radius 3 is 2.60 bits per heavy atom. The van der Waals surface area contributed by atoms with E-state index in [1.165, 1.54) is 11.1 Å². The lowest BCUT2D eigenvalue weighted by Crippen LogP contribution is -2.44. The van der Waals surface area contributed by atoms with E-state index < -0.39 is 17.1 Å². The number of fused-ring (bicyclic) bond motifs is 2. The molecule has 2 aliphatic heterocycles. The van der Waals surface area contributed by atoms with Crippen LogP contribution in [0.25, 0.3) is 0 Å². The first kappa shape index (κ1) is 33.5. The number of aliphatic hydroxyl groups is 1. The van der Waals surface area contributed by atoms with E-state index in [2.05, 4.69) is 28.7 Å². The van der Waals surface area contributed by atoms with E-state index in [9.17, 15) is 14.1 Å². The number of nitrogens with zero attached hydrogens (tertiary/aromatic N) is 1. The van der Waals surface area contributed by atoms with Crippen LogP contribution in [0.5, 0.6) is 5.75 Å². The Balaban J connectivity index is 0.00000207. The van der Waals surface area contributed by atoms with Crippen LogP contribution in [0, 0.1) is 17.8 Å². The van der Waals surface area contributed by atoms with Crippen molar-refractivity contribution in [1.29, 1.82) is 0 Å². The van der Waals surface area contributed by atoms with Gasteiger partial charge in [-0.1, -0.05) is 70.9 Å². The molecule has 3 aliphatic rings. The molecule has 1 fully saturated rings. The number of hydrogen-bond acceptors (Lipinski definition) is 5. The normalized spacial score (nSPS) is 28.3. The van der Waals surface area contributed by atoms with Gasteiger partial charge in [0, 0.05) is 29.6 Å². The highest BCUT2D eigenvalue weighted by molar-refractivity contribution is 7.84. The molecule has 8 heteroatoms. The van der Waals surface area contributed by atoms with Gasteiger partial charge in [0.2, 0.25) is 0 Å². The summed E-state index contributed by atoms with van der Waals surface area (Å²) in [6.45, 7) is 12.3. The Morgan fingerprint density at radius 2 is 1.91 bits per heavy atom. The number of carbonyl (C=O) groups excluding carboxylic acids is 1. The molecule has 2 bridgehead atoms. The van der Waals surface area contributed by atoms with E-state index in [-0.39, 0.29) is 28.9 Å². The average Bonchev–Trinajstić information content (AvgIpc) is 3.15. The minimum Gasteiger partial charge on any atom is -0.491 e. The van der Waals surface area contributed by atoms with Crippen LogP contribution in [0.1, 0.15) is 94.1 Å². The number of carbonyl (C=O) groups is 1. The zero-order valence-corrected chi connectivity index (χ0v) is 27.9. The predicted molar refractivity (Wildman–Crippen MR) is 179 cm³/mol. The predicted octanol–water partition coefficient (Wildman–Crippen LogP) is 7.46. The van der Waals surface area contributed by atoms with Crippen molar-refractivity contribution in [3.8, 4) is 5.75 Å². The van der Waals surface area contributed by atoms with Crippen LogP contribution in [0.15, 0.2) is 48.6 Å². The van der Waals surface area contributed by atoms with Crippen LogP contribution in [0.2, 0.25) is 5.02 Å². The fourth-order valence-electron chi connectivity index (χ4n) is 6.56. The number of amides is 1. The van der Waals surface area contributed by atoms with Gasteiger partial charge in [-0.15, -0.1) is 0 Å². The molecule has 6 nitrogen and oxygen atoms in total. The summed E-state index contributed by atoms with van der Waals surface area (Å²) in [5.74, 6) is 1.20. The quantitative estimate of drug-likeness (QED) is 0.344. The number of anilines is 1. The Kier molecular flexibility index (Phi) is 12.2. The first-order valence-corrected chi connectivity index (χ1v) is 17.7. The molecule has 2 aromatic carbocycles. The third-order valence-corrected chi connectivity index (χ3v) is 11.0. The maximum atomic E-state index is 13.3. The molecule has 2 heterocycles. The third kappa shape index (κ3) is 8.03. The zero-order valence-electron chi connectivity index (χ0n) is 26.4. The van der Waals surface area contributed by atoms with Crippen molar-refractivity contribution in [2.75, 3.05) is 24.6 Å². The second-order valence-electron chi connectivity index (χ2n) is 12.2. The number of rotatable bonds is 4. The van der Waals surface area contributed by atoms with Gasteiger partial charge in [-0.05, 0) is 91.3 Å². The van der Waals surface area contributed by atoms with Crippen LogP contribution in [-0.4, -0.2) is 46.3 Å².